The molecule has 2 fully saturated rings. The predicted molar refractivity (Wildman–Crippen MR) is 90.2 cm³/mol. The van der Waals surface area contributed by atoms with Gasteiger partial charge >= 0.3 is 0 Å². The number of aromatic nitrogens is 1. The van der Waals surface area contributed by atoms with Gasteiger partial charge in [-0.15, -0.1) is 0 Å². The highest BCUT2D eigenvalue weighted by atomic mass is 16.0. The third kappa shape index (κ3) is 3.29. The molecule has 6 nitrogen and oxygen atoms in total. The third-order valence-corrected chi connectivity index (χ3v) is 4.76. The van der Waals surface area contributed by atoms with Crippen LogP contribution >= 0.6 is 0 Å². The Morgan fingerprint density at radius 1 is 0.870 bits per heavy atom. The standard InChI is InChI=1S/C17H20N4.2H2O/c18-15-4-6-16(7-5-15)20-9-13-11-21(12-14(13)10-20)17-3-1-2-8-19-17;;/h1-8,13-14H,9-12,18H2;2*1H2/t13-,14-;;/m1../s1. The fourth-order valence-corrected chi connectivity index (χ4v) is 3.64. The Kier molecular flexibility index (Phi) is 5.20. The Morgan fingerprint density at radius 2 is 1.48 bits per heavy atom. The van der Waals surface area contributed by atoms with Crippen LogP contribution in [0.15, 0.2) is 48.7 Å². The highest BCUT2D eigenvalue weighted by Gasteiger charge is 2.40. The van der Waals surface area contributed by atoms with Crippen molar-refractivity contribution in [2.45, 2.75) is 0 Å². The number of quaternary nitrogens is 1. The molecule has 2 aromatic rings. The Labute approximate surface area is 136 Å². The number of fused-ring (bicyclic) bond motifs is 1. The summed E-state index contributed by atoms with van der Waals surface area (Å²) in [6, 6.07) is 14.8. The topological polar surface area (TPSA) is 109 Å². The van der Waals surface area contributed by atoms with Gasteiger partial charge in [0, 0.05) is 62.0 Å². The molecule has 4 rings (SSSR count). The molecule has 2 atom stereocenters. The van der Waals surface area contributed by atoms with Crippen LogP contribution in [0.5, 0.6) is 0 Å². The lowest BCUT2D eigenvalue weighted by Crippen LogP contribution is -2.40. The molecular formula is C17H24N4O2. The molecule has 1 aromatic heterocycles. The van der Waals surface area contributed by atoms with Gasteiger partial charge in [-0.3, -0.25) is 0 Å². The molecule has 0 radical (unpaired) electrons. The summed E-state index contributed by atoms with van der Waals surface area (Å²) in [5.74, 6) is 2.64. The summed E-state index contributed by atoms with van der Waals surface area (Å²) >= 11 is 0. The van der Waals surface area contributed by atoms with Crippen LogP contribution in [0.1, 0.15) is 0 Å². The fourth-order valence-electron chi connectivity index (χ4n) is 3.64. The molecule has 2 aliphatic heterocycles. The predicted octanol–water partition coefficient (Wildman–Crippen LogP) is 0.526. The molecule has 0 aliphatic carbocycles. The van der Waals surface area contributed by atoms with E-state index in [0.717, 1.165) is 49.5 Å². The zero-order valence-electron chi connectivity index (χ0n) is 13.1. The number of nitrogens with zero attached hydrogens (tertiary/aromatic N) is 3. The number of benzene rings is 1. The first-order chi connectivity index (χ1) is 10.3. The van der Waals surface area contributed by atoms with Crippen molar-refractivity contribution in [3.8, 4) is 0 Å². The van der Waals surface area contributed by atoms with Gasteiger partial charge in [0.2, 0.25) is 0 Å². The second-order valence-corrected chi connectivity index (χ2v) is 6.18. The fraction of sp³-hybridized carbons (Fsp3) is 0.353. The Bertz CT molecular complexity index is 606. The van der Waals surface area contributed by atoms with Gasteiger partial charge in [-0.25, -0.2) is 4.98 Å². The zero-order chi connectivity index (χ0) is 14.2. The monoisotopic (exact) mass is 316 g/mol. The van der Waals surface area contributed by atoms with Gasteiger partial charge in [-0.1, -0.05) is 6.07 Å². The lowest BCUT2D eigenvalue weighted by Gasteiger charge is -2.23. The molecule has 0 saturated carbocycles. The summed E-state index contributed by atoms with van der Waals surface area (Å²) < 4.78 is 0. The molecule has 124 valence electrons. The van der Waals surface area contributed by atoms with E-state index in [1.54, 1.807) is 0 Å². The van der Waals surface area contributed by atoms with Crippen LogP contribution < -0.4 is 15.5 Å². The lowest BCUT2D eigenvalue weighted by atomic mass is 10.0. The van der Waals surface area contributed by atoms with Crippen LogP contribution in [-0.4, -0.2) is 42.1 Å². The van der Waals surface area contributed by atoms with E-state index in [2.05, 4.69) is 56.9 Å². The highest BCUT2D eigenvalue weighted by molar-refractivity contribution is 5.52. The zero-order valence-corrected chi connectivity index (χ0v) is 13.1. The first-order valence-corrected chi connectivity index (χ1v) is 7.62. The molecule has 2 saturated heterocycles. The van der Waals surface area contributed by atoms with Crippen LogP contribution in [-0.2, 0) is 0 Å². The van der Waals surface area contributed by atoms with Crippen molar-refractivity contribution in [2.24, 2.45) is 11.8 Å². The molecule has 0 unspecified atom stereocenters. The molecule has 6 heteroatoms. The number of pyridine rings is 1. The second-order valence-electron chi connectivity index (χ2n) is 6.18. The van der Waals surface area contributed by atoms with E-state index in [-0.39, 0.29) is 11.0 Å². The van der Waals surface area contributed by atoms with Crippen molar-refractivity contribution in [2.75, 3.05) is 36.0 Å². The Balaban J connectivity index is 0.000000960. The molecule has 6 N–H and O–H groups in total. The number of hydrogen-bond acceptors (Lipinski definition) is 4. The van der Waals surface area contributed by atoms with Crippen molar-refractivity contribution >= 4 is 17.2 Å². The van der Waals surface area contributed by atoms with Crippen molar-refractivity contribution in [3.63, 3.8) is 0 Å². The summed E-state index contributed by atoms with van der Waals surface area (Å²) in [5.41, 5.74) is 6.37. The van der Waals surface area contributed by atoms with Gasteiger partial charge < -0.3 is 26.5 Å². The third-order valence-electron chi connectivity index (χ3n) is 4.76. The van der Waals surface area contributed by atoms with E-state index in [1.165, 1.54) is 5.69 Å². The summed E-state index contributed by atoms with van der Waals surface area (Å²) in [6.07, 6.45) is 1.88. The summed E-state index contributed by atoms with van der Waals surface area (Å²) in [7, 11) is 0. The number of rotatable bonds is 2. The summed E-state index contributed by atoms with van der Waals surface area (Å²) in [6.45, 7) is 4.58. The molecule has 23 heavy (non-hydrogen) atoms. The quantitative estimate of drug-likeness (QED) is 0.871. The average molecular weight is 316 g/mol. The minimum atomic E-state index is 0. The Hall–Kier alpha value is -2.15. The minimum absolute atomic E-state index is 0. The van der Waals surface area contributed by atoms with E-state index in [4.69, 9.17) is 0 Å². The first-order valence-electron chi connectivity index (χ1n) is 7.62. The molecule has 1 aromatic carbocycles. The van der Waals surface area contributed by atoms with Gasteiger partial charge in [0.25, 0.3) is 0 Å². The number of anilines is 2. The second kappa shape index (κ2) is 6.95. The van der Waals surface area contributed by atoms with Crippen molar-refractivity contribution in [1.29, 1.82) is 0 Å². The molecule has 0 bridgehead atoms. The van der Waals surface area contributed by atoms with Gasteiger partial charge in [0.15, 0.2) is 0 Å². The van der Waals surface area contributed by atoms with E-state index in [1.807, 2.05) is 12.3 Å². The average Bonchev–Trinajstić information content (AvgIpc) is 3.07. The highest BCUT2D eigenvalue weighted by Crippen LogP contribution is 2.35. The van der Waals surface area contributed by atoms with Crippen LogP contribution in [0, 0.1) is 11.8 Å². The van der Waals surface area contributed by atoms with Gasteiger partial charge in [-0.2, -0.15) is 0 Å². The SMILES string of the molecule is O.[NH3+]c1ccc(N2C[C@@H]3CN(c4ccccn4)C[C@H]3C2)cc1.[OH-]. The van der Waals surface area contributed by atoms with E-state index < -0.39 is 0 Å². The maximum absolute atomic E-state index is 4.48. The van der Waals surface area contributed by atoms with Crippen LogP contribution in [0.3, 0.4) is 0 Å². The lowest BCUT2D eigenvalue weighted by molar-refractivity contribution is -0.254. The smallest absolute Gasteiger partial charge is 0.128 e. The normalized spacial score (nSPS) is 22.3. The van der Waals surface area contributed by atoms with Gasteiger partial charge in [-0.05, 0) is 24.3 Å². The summed E-state index contributed by atoms with van der Waals surface area (Å²) in [5, 5.41) is 0. The first kappa shape index (κ1) is 17.2. The van der Waals surface area contributed by atoms with Gasteiger partial charge in [0.05, 0.1) is 0 Å². The molecule has 0 spiro atoms. The van der Waals surface area contributed by atoms with Crippen molar-refractivity contribution in [3.05, 3.63) is 48.7 Å². The van der Waals surface area contributed by atoms with Crippen LogP contribution in [0.4, 0.5) is 17.2 Å². The summed E-state index contributed by atoms with van der Waals surface area (Å²) in [4.78, 5) is 9.43. The van der Waals surface area contributed by atoms with Crippen LogP contribution in [0.2, 0.25) is 0 Å². The minimum Gasteiger partial charge on any atom is -0.870 e. The van der Waals surface area contributed by atoms with E-state index >= 15 is 0 Å². The van der Waals surface area contributed by atoms with Gasteiger partial charge in [0.1, 0.15) is 11.5 Å². The maximum Gasteiger partial charge on any atom is 0.128 e. The van der Waals surface area contributed by atoms with Crippen molar-refractivity contribution in [1.82, 2.24) is 4.98 Å². The molecule has 3 heterocycles. The molecule has 2 aliphatic rings. The van der Waals surface area contributed by atoms with E-state index in [9.17, 15) is 0 Å². The van der Waals surface area contributed by atoms with Crippen LogP contribution in [0.25, 0.3) is 0 Å². The molecule has 0 amide bonds. The maximum atomic E-state index is 4.48. The Morgan fingerprint density at radius 3 is 2.04 bits per heavy atom. The molecular weight excluding hydrogens is 292 g/mol. The van der Waals surface area contributed by atoms with Crippen molar-refractivity contribution < 1.29 is 16.7 Å². The van der Waals surface area contributed by atoms with E-state index in [0.29, 0.717) is 0 Å². The largest absolute Gasteiger partial charge is 0.870 e. The number of hydrogen-bond donors (Lipinski definition) is 1.